The second kappa shape index (κ2) is 14.0. The number of hydrogen-bond acceptors (Lipinski definition) is 4. The molecule has 4 aromatic carbocycles. The van der Waals surface area contributed by atoms with Gasteiger partial charge in [0.25, 0.3) is 11.8 Å². The van der Waals surface area contributed by atoms with Gasteiger partial charge in [0.15, 0.2) is 0 Å². The molecular formula is C31H25BrClN3O3S. The minimum atomic E-state index is -0.495. The van der Waals surface area contributed by atoms with E-state index in [-0.39, 0.29) is 16.9 Å². The van der Waals surface area contributed by atoms with Crippen molar-refractivity contribution < 1.29 is 14.4 Å². The number of halogens is 2. The van der Waals surface area contributed by atoms with Crippen LogP contribution in [-0.4, -0.2) is 23.0 Å². The first-order valence-corrected chi connectivity index (χ1v) is 14.3. The number of benzene rings is 4. The van der Waals surface area contributed by atoms with Crippen LogP contribution >= 0.6 is 39.3 Å². The topological polar surface area (TPSA) is 87.3 Å². The Kier molecular flexibility index (Phi) is 10.2. The van der Waals surface area contributed by atoms with E-state index in [1.165, 1.54) is 11.8 Å². The predicted octanol–water partition coefficient (Wildman–Crippen LogP) is 7.63. The molecule has 1 atom stereocenters. The molecule has 0 bridgehead atoms. The molecule has 202 valence electrons. The second-order valence-electron chi connectivity index (χ2n) is 8.64. The molecule has 6 nitrogen and oxygen atoms in total. The van der Waals surface area contributed by atoms with E-state index in [1.807, 2.05) is 49.4 Å². The van der Waals surface area contributed by atoms with Crippen LogP contribution < -0.4 is 16.0 Å². The molecule has 0 fully saturated rings. The minimum Gasteiger partial charge on any atom is -0.324 e. The molecule has 0 spiro atoms. The second-order valence-corrected chi connectivity index (χ2v) is 11.3. The highest BCUT2D eigenvalue weighted by atomic mass is 79.9. The van der Waals surface area contributed by atoms with Gasteiger partial charge in [-0.3, -0.25) is 14.4 Å². The Hall–Kier alpha value is -3.85. The summed E-state index contributed by atoms with van der Waals surface area (Å²) in [7, 11) is 0. The Bertz CT molecular complexity index is 1550. The van der Waals surface area contributed by atoms with E-state index in [0.29, 0.717) is 27.5 Å². The Balaban J connectivity index is 1.43. The van der Waals surface area contributed by atoms with Crippen LogP contribution in [0.15, 0.2) is 118 Å². The monoisotopic (exact) mass is 633 g/mol. The maximum absolute atomic E-state index is 13.2. The zero-order valence-corrected chi connectivity index (χ0v) is 24.5. The quantitative estimate of drug-likeness (QED) is 0.131. The zero-order chi connectivity index (χ0) is 28.5. The number of rotatable bonds is 9. The summed E-state index contributed by atoms with van der Waals surface area (Å²) in [5.41, 5.74) is 2.38. The van der Waals surface area contributed by atoms with Crippen molar-refractivity contribution >= 4 is 74.5 Å². The van der Waals surface area contributed by atoms with Gasteiger partial charge in [-0.1, -0.05) is 54.1 Å². The average molecular weight is 635 g/mol. The Morgan fingerprint density at radius 3 is 2.25 bits per heavy atom. The Morgan fingerprint density at radius 2 is 1.55 bits per heavy atom. The van der Waals surface area contributed by atoms with Crippen molar-refractivity contribution in [3.8, 4) is 0 Å². The SMILES string of the molecule is CC(Sc1ccc(NC(=O)/C(=C/c2cccc(Cl)c2)NC(=O)c2ccccc2)cc1)C(=O)Nc1ccccc1Br. The van der Waals surface area contributed by atoms with Gasteiger partial charge < -0.3 is 16.0 Å². The lowest BCUT2D eigenvalue weighted by Crippen LogP contribution is -2.30. The van der Waals surface area contributed by atoms with Gasteiger partial charge in [0, 0.05) is 25.6 Å². The van der Waals surface area contributed by atoms with E-state index < -0.39 is 11.8 Å². The lowest BCUT2D eigenvalue weighted by Gasteiger charge is -2.14. The van der Waals surface area contributed by atoms with E-state index in [4.69, 9.17) is 11.6 Å². The molecule has 0 aliphatic rings. The van der Waals surface area contributed by atoms with Gasteiger partial charge in [-0.05, 0) is 95.2 Å². The third-order valence-electron chi connectivity index (χ3n) is 5.61. The number of carbonyl (C=O) groups excluding carboxylic acids is 3. The molecule has 9 heteroatoms. The first-order valence-electron chi connectivity index (χ1n) is 12.3. The summed E-state index contributed by atoms with van der Waals surface area (Å²) in [6.45, 7) is 1.83. The van der Waals surface area contributed by atoms with E-state index in [9.17, 15) is 14.4 Å². The Labute approximate surface area is 250 Å². The van der Waals surface area contributed by atoms with Crippen LogP contribution in [0.25, 0.3) is 6.08 Å². The van der Waals surface area contributed by atoms with E-state index in [1.54, 1.807) is 66.7 Å². The van der Waals surface area contributed by atoms with Crippen molar-refractivity contribution in [2.75, 3.05) is 10.6 Å². The molecule has 3 amide bonds. The number of anilines is 2. The number of nitrogens with one attached hydrogen (secondary N) is 3. The number of thioether (sulfide) groups is 1. The molecule has 0 heterocycles. The lowest BCUT2D eigenvalue weighted by atomic mass is 10.1. The van der Waals surface area contributed by atoms with Gasteiger partial charge in [-0.2, -0.15) is 0 Å². The third-order valence-corrected chi connectivity index (χ3v) is 7.65. The van der Waals surface area contributed by atoms with Crippen LogP contribution in [-0.2, 0) is 9.59 Å². The fourth-order valence-corrected chi connectivity index (χ4v) is 5.03. The van der Waals surface area contributed by atoms with Crippen molar-refractivity contribution in [3.63, 3.8) is 0 Å². The highest BCUT2D eigenvalue weighted by Gasteiger charge is 2.17. The molecule has 1 unspecified atom stereocenters. The zero-order valence-electron chi connectivity index (χ0n) is 21.4. The smallest absolute Gasteiger partial charge is 0.272 e. The first-order chi connectivity index (χ1) is 19.3. The van der Waals surface area contributed by atoms with Gasteiger partial charge in [0.2, 0.25) is 5.91 Å². The molecular weight excluding hydrogens is 610 g/mol. The standard InChI is InChI=1S/C31H25BrClN3O3S/c1-20(29(37)35-27-13-6-5-12-26(27)32)40-25-16-14-24(15-17-25)34-31(39)28(19-21-8-7-11-23(33)18-21)36-30(38)22-9-3-2-4-10-22/h2-20H,1H3,(H,34,39)(H,35,37)(H,36,38)/b28-19-. The first kappa shape index (κ1) is 29.1. The predicted molar refractivity (Wildman–Crippen MR) is 166 cm³/mol. The largest absolute Gasteiger partial charge is 0.324 e. The molecule has 0 aromatic heterocycles. The lowest BCUT2D eigenvalue weighted by molar-refractivity contribution is -0.115. The normalized spacial score (nSPS) is 11.8. The Morgan fingerprint density at radius 1 is 0.850 bits per heavy atom. The van der Waals surface area contributed by atoms with Gasteiger partial charge in [-0.15, -0.1) is 11.8 Å². The van der Waals surface area contributed by atoms with Crippen molar-refractivity contribution in [3.05, 3.63) is 129 Å². The number of hydrogen-bond donors (Lipinski definition) is 3. The van der Waals surface area contributed by atoms with E-state index >= 15 is 0 Å². The highest BCUT2D eigenvalue weighted by Crippen LogP contribution is 2.27. The van der Waals surface area contributed by atoms with Crippen molar-refractivity contribution in [1.29, 1.82) is 0 Å². The van der Waals surface area contributed by atoms with Crippen LogP contribution in [0.5, 0.6) is 0 Å². The van der Waals surface area contributed by atoms with E-state index in [0.717, 1.165) is 9.37 Å². The summed E-state index contributed by atoms with van der Waals surface area (Å²) in [5, 5.41) is 8.61. The fourth-order valence-electron chi connectivity index (χ4n) is 3.58. The maximum atomic E-state index is 13.2. The molecule has 4 rings (SSSR count). The molecule has 0 saturated carbocycles. The summed E-state index contributed by atoms with van der Waals surface area (Å²) in [6.07, 6.45) is 1.57. The van der Waals surface area contributed by atoms with Crippen LogP contribution in [0.1, 0.15) is 22.8 Å². The van der Waals surface area contributed by atoms with Crippen LogP contribution in [0, 0.1) is 0 Å². The van der Waals surface area contributed by atoms with Crippen LogP contribution in [0.2, 0.25) is 5.02 Å². The van der Waals surface area contributed by atoms with E-state index in [2.05, 4.69) is 31.9 Å². The molecule has 0 saturated heterocycles. The molecule has 0 aliphatic carbocycles. The summed E-state index contributed by atoms with van der Waals surface area (Å²) >= 11 is 10.9. The maximum Gasteiger partial charge on any atom is 0.272 e. The number of amides is 3. The van der Waals surface area contributed by atoms with Crippen molar-refractivity contribution in [1.82, 2.24) is 5.32 Å². The summed E-state index contributed by atoms with van der Waals surface area (Å²) < 4.78 is 0.810. The summed E-state index contributed by atoms with van der Waals surface area (Å²) in [5.74, 6) is -1.03. The number of carbonyl (C=O) groups is 3. The van der Waals surface area contributed by atoms with Gasteiger partial charge in [-0.25, -0.2) is 0 Å². The van der Waals surface area contributed by atoms with Gasteiger partial charge in [0.1, 0.15) is 5.70 Å². The van der Waals surface area contributed by atoms with Crippen LogP contribution in [0.4, 0.5) is 11.4 Å². The molecule has 3 N–H and O–H groups in total. The van der Waals surface area contributed by atoms with Crippen LogP contribution in [0.3, 0.4) is 0 Å². The minimum absolute atomic E-state index is 0.0620. The molecule has 0 radical (unpaired) electrons. The summed E-state index contributed by atoms with van der Waals surface area (Å²) in [6, 6.07) is 30.2. The highest BCUT2D eigenvalue weighted by molar-refractivity contribution is 9.10. The fraction of sp³-hybridized carbons (Fsp3) is 0.0645. The number of para-hydroxylation sites is 1. The molecule has 0 aliphatic heterocycles. The molecule has 40 heavy (non-hydrogen) atoms. The summed E-state index contributed by atoms with van der Waals surface area (Å²) in [4.78, 5) is 39.6. The average Bonchev–Trinajstić information content (AvgIpc) is 2.95. The van der Waals surface area contributed by atoms with Gasteiger partial charge >= 0.3 is 0 Å². The van der Waals surface area contributed by atoms with Gasteiger partial charge in [0.05, 0.1) is 10.9 Å². The van der Waals surface area contributed by atoms with Crippen molar-refractivity contribution in [2.24, 2.45) is 0 Å². The third kappa shape index (κ3) is 8.32. The molecule has 4 aromatic rings. The van der Waals surface area contributed by atoms with Crippen molar-refractivity contribution in [2.45, 2.75) is 17.1 Å².